The molecule has 3 rings (SSSR count). The molecule has 0 aliphatic carbocycles. The standard InChI is InChI=1S/C22H17Cl2F3N2O3S/c1-14-7-8-15(23)11-20(14)28-21(30)13-29(33(31,32)17-5-3-2-4-6-17)16-9-10-19(24)18(12-16)22(25,26)27/h2-12H,13H2,1H3,(H,28,30). The highest BCUT2D eigenvalue weighted by Crippen LogP contribution is 2.38. The molecule has 0 radical (unpaired) electrons. The molecule has 3 aromatic rings. The monoisotopic (exact) mass is 516 g/mol. The van der Waals surface area contributed by atoms with E-state index >= 15 is 0 Å². The van der Waals surface area contributed by atoms with Crippen molar-refractivity contribution in [1.29, 1.82) is 0 Å². The Morgan fingerprint density at radius 3 is 2.30 bits per heavy atom. The van der Waals surface area contributed by atoms with Crippen LogP contribution in [0.25, 0.3) is 0 Å². The third-order valence-corrected chi connectivity index (χ3v) is 6.99. The molecule has 5 nitrogen and oxygen atoms in total. The molecule has 0 bridgehead atoms. The minimum Gasteiger partial charge on any atom is -0.324 e. The zero-order valence-electron chi connectivity index (χ0n) is 17.0. The fourth-order valence-corrected chi connectivity index (χ4v) is 4.80. The van der Waals surface area contributed by atoms with Gasteiger partial charge in [-0.05, 0) is 55.0 Å². The maximum Gasteiger partial charge on any atom is 0.417 e. The third-order valence-electron chi connectivity index (χ3n) is 4.64. The summed E-state index contributed by atoms with van der Waals surface area (Å²) in [5.41, 5.74) is -0.581. The summed E-state index contributed by atoms with van der Waals surface area (Å²) in [6, 6.07) is 14.5. The van der Waals surface area contributed by atoms with Crippen molar-refractivity contribution in [2.24, 2.45) is 0 Å². The summed E-state index contributed by atoms with van der Waals surface area (Å²) >= 11 is 11.6. The predicted octanol–water partition coefficient (Wildman–Crippen LogP) is 6.15. The number of benzene rings is 3. The molecular weight excluding hydrogens is 500 g/mol. The molecule has 174 valence electrons. The number of carbonyl (C=O) groups excluding carboxylic acids is 1. The fourth-order valence-electron chi connectivity index (χ4n) is 2.97. The van der Waals surface area contributed by atoms with Crippen molar-refractivity contribution in [2.45, 2.75) is 18.0 Å². The number of alkyl halides is 3. The van der Waals surface area contributed by atoms with E-state index in [0.717, 1.165) is 12.1 Å². The van der Waals surface area contributed by atoms with Crippen LogP contribution in [-0.2, 0) is 21.0 Å². The minimum absolute atomic E-state index is 0.194. The summed E-state index contributed by atoms with van der Waals surface area (Å²) in [6.45, 7) is 0.918. The third kappa shape index (κ3) is 5.79. The Bertz CT molecular complexity index is 1280. The number of sulfonamides is 1. The lowest BCUT2D eigenvalue weighted by Gasteiger charge is -2.25. The quantitative estimate of drug-likeness (QED) is 0.426. The largest absolute Gasteiger partial charge is 0.417 e. The maximum atomic E-state index is 13.4. The maximum absolute atomic E-state index is 13.4. The van der Waals surface area contributed by atoms with Crippen molar-refractivity contribution < 1.29 is 26.4 Å². The first-order valence-corrected chi connectivity index (χ1v) is 11.6. The lowest BCUT2D eigenvalue weighted by molar-refractivity contribution is -0.137. The van der Waals surface area contributed by atoms with E-state index in [1.807, 2.05) is 0 Å². The zero-order chi connectivity index (χ0) is 24.4. The van der Waals surface area contributed by atoms with E-state index in [1.165, 1.54) is 30.3 Å². The van der Waals surface area contributed by atoms with E-state index in [4.69, 9.17) is 23.2 Å². The number of halogens is 5. The summed E-state index contributed by atoms with van der Waals surface area (Å²) < 4.78 is 67.4. The number of nitrogens with one attached hydrogen (secondary N) is 1. The first-order valence-electron chi connectivity index (χ1n) is 9.40. The number of hydrogen-bond donors (Lipinski definition) is 1. The molecule has 0 unspecified atom stereocenters. The van der Waals surface area contributed by atoms with Crippen molar-refractivity contribution >= 4 is 50.5 Å². The van der Waals surface area contributed by atoms with Gasteiger partial charge in [0.1, 0.15) is 6.54 Å². The molecule has 0 heterocycles. The second-order valence-corrected chi connectivity index (χ2v) is 9.70. The first-order chi connectivity index (χ1) is 15.4. The molecule has 0 aliphatic heterocycles. The normalized spacial score (nSPS) is 11.8. The van der Waals surface area contributed by atoms with E-state index in [2.05, 4.69) is 5.32 Å². The van der Waals surface area contributed by atoms with Gasteiger partial charge in [0, 0.05) is 10.7 Å². The lowest BCUT2D eigenvalue weighted by Crippen LogP contribution is -2.38. The van der Waals surface area contributed by atoms with Crippen LogP contribution >= 0.6 is 23.2 Å². The number of aryl methyl sites for hydroxylation is 1. The summed E-state index contributed by atoms with van der Waals surface area (Å²) in [5, 5.41) is 2.30. The van der Waals surface area contributed by atoms with Crippen LogP contribution in [0.1, 0.15) is 11.1 Å². The molecule has 1 N–H and O–H groups in total. The van der Waals surface area contributed by atoms with Gasteiger partial charge >= 0.3 is 6.18 Å². The smallest absolute Gasteiger partial charge is 0.324 e. The Morgan fingerprint density at radius 1 is 1.00 bits per heavy atom. The Balaban J connectivity index is 2.05. The van der Waals surface area contributed by atoms with Crippen LogP contribution in [0.2, 0.25) is 10.0 Å². The Labute approximate surface area is 198 Å². The number of anilines is 2. The zero-order valence-corrected chi connectivity index (χ0v) is 19.4. The Kier molecular flexibility index (Phi) is 7.26. The number of hydrogen-bond acceptors (Lipinski definition) is 3. The molecule has 3 aromatic carbocycles. The van der Waals surface area contributed by atoms with Crippen molar-refractivity contribution in [3.8, 4) is 0 Å². The van der Waals surface area contributed by atoms with Crippen LogP contribution in [-0.4, -0.2) is 20.9 Å². The van der Waals surface area contributed by atoms with Crippen molar-refractivity contribution in [1.82, 2.24) is 0 Å². The van der Waals surface area contributed by atoms with Crippen LogP contribution in [0.4, 0.5) is 24.5 Å². The van der Waals surface area contributed by atoms with Gasteiger partial charge in [0.15, 0.2) is 0 Å². The fraction of sp³-hybridized carbons (Fsp3) is 0.136. The van der Waals surface area contributed by atoms with Crippen LogP contribution in [0.15, 0.2) is 71.6 Å². The van der Waals surface area contributed by atoms with Gasteiger partial charge in [-0.1, -0.05) is 47.5 Å². The summed E-state index contributed by atoms with van der Waals surface area (Å²) in [5.74, 6) is -0.775. The lowest BCUT2D eigenvalue weighted by atomic mass is 10.2. The van der Waals surface area contributed by atoms with Gasteiger partial charge in [-0.2, -0.15) is 13.2 Å². The molecule has 0 aliphatic rings. The van der Waals surface area contributed by atoms with Crippen LogP contribution in [0.5, 0.6) is 0 Å². The van der Waals surface area contributed by atoms with Gasteiger partial charge in [0.05, 0.1) is 21.2 Å². The van der Waals surface area contributed by atoms with E-state index in [0.29, 0.717) is 26.6 Å². The predicted molar refractivity (Wildman–Crippen MR) is 122 cm³/mol. The Morgan fingerprint density at radius 2 is 1.67 bits per heavy atom. The molecule has 0 atom stereocenters. The molecular formula is C22H17Cl2F3N2O3S. The van der Waals surface area contributed by atoms with Crippen molar-refractivity contribution in [2.75, 3.05) is 16.2 Å². The van der Waals surface area contributed by atoms with E-state index < -0.39 is 39.2 Å². The molecule has 0 saturated carbocycles. The van der Waals surface area contributed by atoms with Gasteiger partial charge < -0.3 is 5.32 Å². The molecule has 1 amide bonds. The topological polar surface area (TPSA) is 66.5 Å². The molecule has 0 fully saturated rings. The highest BCUT2D eigenvalue weighted by Gasteiger charge is 2.35. The van der Waals surface area contributed by atoms with Crippen LogP contribution in [0, 0.1) is 6.92 Å². The number of carbonyl (C=O) groups is 1. The first kappa shape index (κ1) is 24.9. The van der Waals surface area contributed by atoms with Gasteiger partial charge in [-0.3, -0.25) is 9.10 Å². The number of rotatable bonds is 6. The SMILES string of the molecule is Cc1ccc(Cl)cc1NC(=O)CN(c1ccc(Cl)c(C(F)(F)F)c1)S(=O)(=O)c1ccccc1. The highest BCUT2D eigenvalue weighted by molar-refractivity contribution is 7.92. The minimum atomic E-state index is -4.82. The van der Waals surface area contributed by atoms with Gasteiger partial charge in [0.2, 0.25) is 5.91 Å². The van der Waals surface area contributed by atoms with E-state index in [9.17, 15) is 26.4 Å². The van der Waals surface area contributed by atoms with Gasteiger partial charge in [-0.15, -0.1) is 0 Å². The van der Waals surface area contributed by atoms with E-state index in [-0.39, 0.29) is 10.6 Å². The molecule has 0 aromatic heterocycles. The molecule has 33 heavy (non-hydrogen) atoms. The molecule has 0 saturated heterocycles. The summed E-state index contributed by atoms with van der Waals surface area (Å²) in [4.78, 5) is 12.6. The summed E-state index contributed by atoms with van der Waals surface area (Å²) in [6.07, 6.45) is -4.82. The highest BCUT2D eigenvalue weighted by atomic mass is 35.5. The van der Waals surface area contributed by atoms with Gasteiger partial charge in [0.25, 0.3) is 10.0 Å². The molecule has 0 spiro atoms. The average molecular weight is 517 g/mol. The van der Waals surface area contributed by atoms with E-state index in [1.54, 1.807) is 25.1 Å². The van der Waals surface area contributed by atoms with Crippen LogP contribution < -0.4 is 9.62 Å². The van der Waals surface area contributed by atoms with Crippen molar-refractivity contribution in [3.05, 3.63) is 87.9 Å². The average Bonchev–Trinajstić information content (AvgIpc) is 2.75. The number of nitrogens with zero attached hydrogens (tertiary/aromatic N) is 1. The van der Waals surface area contributed by atoms with Crippen LogP contribution in [0.3, 0.4) is 0 Å². The van der Waals surface area contributed by atoms with Crippen molar-refractivity contribution in [3.63, 3.8) is 0 Å². The Hall–Kier alpha value is -2.75. The van der Waals surface area contributed by atoms with Gasteiger partial charge in [-0.25, -0.2) is 8.42 Å². The summed E-state index contributed by atoms with van der Waals surface area (Å²) in [7, 11) is -4.40. The molecule has 11 heteroatoms. The second-order valence-electron chi connectivity index (χ2n) is 6.99. The number of amides is 1. The second kappa shape index (κ2) is 9.62.